The average Bonchev–Trinajstić information content (AvgIpc) is 2.85. The van der Waals surface area contributed by atoms with Gasteiger partial charge in [0.1, 0.15) is 5.82 Å². The van der Waals surface area contributed by atoms with Crippen LogP contribution in [0.2, 0.25) is 0 Å². The number of hydrogen-bond donors (Lipinski definition) is 1. The summed E-state index contributed by atoms with van der Waals surface area (Å²) in [5.41, 5.74) is 1.63. The summed E-state index contributed by atoms with van der Waals surface area (Å²) in [4.78, 5) is 11.7. The molecule has 1 aromatic carbocycles. The Morgan fingerprint density at radius 3 is 2.85 bits per heavy atom. The molecule has 2 rings (SSSR count). The van der Waals surface area contributed by atoms with Gasteiger partial charge >= 0.3 is 5.97 Å². The Morgan fingerprint density at radius 1 is 1.50 bits per heavy atom. The van der Waals surface area contributed by atoms with E-state index in [0.717, 1.165) is 5.56 Å². The van der Waals surface area contributed by atoms with E-state index >= 15 is 0 Å². The number of aryl methyl sites for hydroxylation is 1. The third kappa shape index (κ3) is 2.96. The van der Waals surface area contributed by atoms with E-state index in [2.05, 4.69) is 10.4 Å². The number of hydrogen-bond acceptors (Lipinski definition) is 4. The highest BCUT2D eigenvalue weighted by molar-refractivity contribution is 5.95. The summed E-state index contributed by atoms with van der Waals surface area (Å²) >= 11 is 0. The highest BCUT2D eigenvalue weighted by Gasteiger charge is 2.15. The Hall–Kier alpha value is -2.37. The summed E-state index contributed by atoms with van der Waals surface area (Å²) in [5, 5.41) is 7.18. The minimum atomic E-state index is -0.508. The molecule has 1 aromatic heterocycles. The molecule has 1 atom stereocenters. The van der Waals surface area contributed by atoms with Gasteiger partial charge in [0, 0.05) is 18.8 Å². The number of nitrogens with one attached hydrogen (secondary N) is 1. The third-order valence-electron chi connectivity index (χ3n) is 2.98. The fourth-order valence-corrected chi connectivity index (χ4v) is 1.90. The van der Waals surface area contributed by atoms with Crippen molar-refractivity contribution >= 4 is 11.7 Å². The maximum absolute atomic E-state index is 13.4. The number of benzene rings is 1. The van der Waals surface area contributed by atoms with Crippen LogP contribution in [0.4, 0.5) is 10.1 Å². The van der Waals surface area contributed by atoms with Crippen LogP contribution < -0.4 is 5.32 Å². The first kappa shape index (κ1) is 14.0. The predicted octanol–water partition coefficient (Wildman–Crippen LogP) is 2.52. The normalized spacial score (nSPS) is 12.0. The van der Waals surface area contributed by atoms with E-state index < -0.39 is 11.8 Å². The molecule has 0 bridgehead atoms. The van der Waals surface area contributed by atoms with Gasteiger partial charge in [-0.1, -0.05) is 0 Å². The molecule has 0 aliphatic carbocycles. The summed E-state index contributed by atoms with van der Waals surface area (Å²) in [5.74, 6) is -0.926. The molecular weight excluding hydrogens is 261 g/mol. The van der Waals surface area contributed by atoms with Crippen LogP contribution in [0.25, 0.3) is 0 Å². The number of esters is 1. The van der Waals surface area contributed by atoms with Gasteiger partial charge in [-0.05, 0) is 25.1 Å². The molecule has 0 spiro atoms. The molecule has 0 saturated heterocycles. The molecule has 5 nitrogen and oxygen atoms in total. The maximum atomic E-state index is 13.4. The number of nitrogens with zero attached hydrogens (tertiary/aromatic N) is 2. The monoisotopic (exact) mass is 277 g/mol. The van der Waals surface area contributed by atoms with E-state index in [0.29, 0.717) is 11.3 Å². The van der Waals surface area contributed by atoms with Crippen LogP contribution in [-0.4, -0.2) is 22.9 Å². The van der Waals surface area contributed by atoms with E-state index in [4.69, 9.17) is 4.74 Å². The molecule has 0 saturated carbocycles. The van der Waals surface area contributed by atoms with Crippen LogP contribution in [-0.2, 0) is 11.8 Å². The van der Waals surface area contributed by atoms with Crippen LogP contribution in [0.15, 0.2) is 30.6 Å². The summed E-state index contributed by atoms with van der Waals surface area (Å²) in [6.07, 6.45) is 3.57. The fourth-order valence-electron chi connectivity index (χ4n) is 1.90. The maximum Gasteiger partial charge on any atom is 0.339 e. The van der Waals surface area contributed by atoms with Gasteiger partial charge in [0.25, 0.3) is 0 Å². The van der Waals surface area contributed by atoms with Crippen molar-refractivity contribution in [2.45, 2.75) is 13.0 Å². The number of carbonyl (C=O) groups is 1. The second-order valence-electron chi connectivity index (χ2n) is 4.49. The molecule has 2 aromatic rings. The lowest BCUT2D eigenvalue weighted by atomic mass is 10.1. The van der Waals surface area contributed by atoms with Crippen molar-refractivity contribution in [2.24, 2.45) is 7.05 Å². The number of aromatic nitrogens is 2. The van der Waals surface area contributed by atoms with Crippen molar-refractivity contribution < 1.29 is 13.9 Å². The van der Waals surface area contributed by atoms with Crippen molar-refractivity contribution in [3.8, 4) is 0 Å². The van der Waals surface area contributed by atoms with Gasteiger partial charge in [-0.3, -0.25) is 4.68 Å². The Balaban J connectivity index is 2.28. The van der Waals surface area contributed by atoms with Gasteiger partial charge in [0.05, 0.1) is 30.6 Å². The summed E-state index contributed by atoms with van der Waals surface area (Å²) in [6, 6.07) is 3.79. The van der Waals surface area contributed by atoms with Crippen LogP contribution in [0.3, 0.4) is 0 Å². The van der Waals surface area contributed by atoms with Crippen molar-refractivity contribution in [3.63, 3.8) is 0 Å². The molecule has 0 aliphatic rings. The minimum absolute atomic E-state index is 0.117. The number of anilines is 1. The van der Waals surface area contributed by atoms with Gasteiger partial charge in [-0.25, -0.2) is 9.18 Å². The van der Waals surface area contributed by atoms with Crippen molar-refractivity contribution in [2.75, 3.05) is 12.4 Å². The number of carbonyl (C=O) groups excluding carboxylic acids is 1. The lowest BCUT2D eigenvalue weighted by molar-refractivity contribution is 0.0601. The molecule has 0 aliphatic heterocycles. The lowest BCUT2D eigenvalue weighted by Gasteiger charge is -2.16. The van der Waals surface area contributed by atoms with E-state index in [1.807, 2.05) is 20.2 Å². The molecule has 0 radical (unpaired) electrons. The predicted molar refractivity (Wildman–Crippen MR) is 73.0 cm³/mol. The zero-order chi connectivity index (χ0) is 14.7. The molecular formula is C14H16FN3O2. The van der Waals surface area contributed by atoms with Crippen LogP contribution in [0, 0.1) is 5.82 Å². The second-order valence-corrected chi connectivity index (χ2v) is 4.49. The van der Waals surface area contributed by atoms with Crippen LogP contribution in [0.1, 0.15) is 28.9 Å². The number of halogens is 1. The lowest BCUT2D eigenvalue weighted by Crippen LogP contribution is -2.11. The Labute approximate surface area is 116 Å². The van der Waals surface area contributed by atoms with Gasteiger partial charge in [0.2, 0.25) is 0 Å². The van der Waals surface area contributed by atoms with E-state index in [9.17, 15) is 9.18 Å². The Bertz CT molecular complexity index is 625. The quantitative estimate of drug-likeness (QED) is 0.872. The van der Waals surface area contributed by atoms with Crippen molar-refractivity contribution in [1.82, 2.24) is 9.78 Å². The molecule has 0 fully saturated rings. The first-order chi connectivity index (χ1) is 9.51. The highest BCUT2D eigenvalue weighted by Crippen LogP contribution is 2.23. The Morgan fingerprint density at radius 2 is 2.25 bits per heavy atom. The van der Waals surface area contributed by atoms with Crippen LogP contribution >= 0.6 is 0 Å². The molecule has 106 valence electrons. The largest absolute Gasteiger partial charge is 0.465 e. The van der Waals surface area contributed by atoms with Gasteiger partial charge < -0.3 is 10.1 Å². The molecule has 6 heteroatoms. The summed E-state index contributed by atoms with van der Waals surface area (Å²) < 4.78 is 19.7. The van der Waals surface area contributed by atoms with Gasteiger partial charge in [-0.15, -0.1) is 0 Å². The van der Waals surface area contributed by atoms with Gasteiger partial charge in [0.15, 0.2) is 0 Å². The summed E-state index contributed by atoms with van der Waals surface area (Å²) in [6.45, 7) is 1.91. The fraction of sp³-hybridized carbons (Fsp3) is 0.286. The van der Waals surface area contributed by atoms with E-state index in [-0.39, 0.29) is 6.04 Å². The zero-order valence-corrected chi connectivity index (χ0v) is 11.6. The average molecular weight is 277 g/mol. The Kier molecular flexibility index (Phi) is 4.02. The highest BCUT2D eigenvalue weighted by atomic mass is 19.1. The summed E-state index contributed by atoms with van der Waals surface area (Å²) in [7, 11) is 3.11. The number of methoxy groups -OCH3 is 1. The van der Waals surface area contributed by atoms with Crippen molar-refractivity contribution in [3.05, 3.63) is 47.5 Å². The minimum Gasteiger partial charge on any atom is -0.465 e. The first-order valence-electron chi connectivity index (χ1n) is 6.14. The van der Waals surface area contributed by atoms with Crippen LogP contribution in [0.5, 0.6) is 0 Å². The standard InChI is InChI=1S/C14H16FN3O2/c1-9(10-7-16-18(2)8-10)17-13-6-11(15)4-5-12(13)14(19)20-3/h4-9,17H,1-3H3. The molecule has 1 N–H and O–H groups in total. The molecule has 0 amide bonds. The van der Waals surface area contributed by atoms with Crippen molar-refractivity contribution in [1.29, 1.82) is 0 Å². The van der Waals surface area contributed by atoms with Gasteiger partial charge in [-0.2, -0.15) is 5.10 Å². The molecule has 20 heavy (non-hydrogen) atoms. The van der Waals surface area contributed by atoms with E-state index in [1.54, 1.807) is 10.9 Å². The number of rotatable bonds is 4. The third-order valence-corrected chi connectivity index (χ3v) is 2.98. The zero-order valence-electron chi connectivity index (χ0n) is 11.6. The number of ether oxygens (including phenoxy) is 1. The topological polar surface area (TPSA) is 56.1 Å². The second kappa shape index (κ2) is 5.73. The smallest absolute Gasteiger partial charge is 0.339 e. The first-order valence-corrected chi connectivity index (χ1v) is 6.14. The SMILES string of the molecule is COC(=O)c1ccc(F)cc1NC(C)c1cnn(C)c1. The molecule has 1 unspecified atom stereocenters. The van der Waals surface area contributed by atoms with E-state index in [1.165, 1.54) is 25.3 Å². The molecule has 1 heterocycles.